The molecule has 0 amide bonds. The molecule has 0 fully saturated rings. The van der Waals surface area contributed by atoms with Crippen LogP contribution in [0.5, 0.6) is 0 Å². The molecule has 0 N–H and O–H groups in total. The van der Waals surface area contributed by atoms with Gasteiger partial charge in [0.1, 0.15) is 0 Å². The Balaban J connectivity index is 3.03. The highest BCUT2D eigenvalue weighted by molar-refractivity contribution is 5.47. The van der Waals surface area contributed by atoms with Crippen LogP contribution in [0.1, 0.15) is 48.0 Å². The summed E-state index contributed by atoms with van der Waals surface area (Å²) in [6.45, 7) is 16.7. The predicted octanol–water partition coefficient (Wildman–Crippen LogP) is 5.14. The zero-order valence-electron chi connectivity index (χ0n) is 13.7. The van der Waals surface area contributed by atoms with Crippen LogP contribution in [0.4, 0.5) is 0 Å². The third kappa shape index (κ3) is 6.49. The van der Waals surface area contributed by atoms with E-state index < -0.39 is 0 Å². The fourth-order valence-electron chi connectivity index (χ4n) is 1.72. The Morgan fingerprint density at radius 2 is 1.70 bits per heavy atom. The molecule has 1 rings (SSSR count). The highest BCUT2D eigenvalue weighted by Gasteiger charge is 2.12. The summed E-state index contributed by atoms with van der Waals surface area (Å²) in [5, 5.41) is 0. The SMILES string of the molecule is C=CC1=CC(C#CC(C)(C)C)=CC(C#CC(C)(C)C)C1. The molecule has 0 saturated carbocycles. The molecule has 0 heteroatoms. The van der Waals surface area contributed by atoms with Crippen molar-refractivity contribution in [3.8, 4) is 23.7 Å². The maximum absolute atomic E-state index is 3.88. The summed E-state index contributed by atoms with van der Waals surface area (Å²) in [6.07, 6.45) is 7.16. The number of hydrogen-bond acceptors (Lipinski definition) is 0. The molecule has 1 aliphatic rings. The quantitative estimate of drug-likeness (QED) is 0.576. The number of hydrogen-bond donors (Lipinski definition) is 0. The van der Waals surface area contributed by atoms with Crippen LogP contribution >= 0.6 is 0 Å². The lowest BCUT2D eigenvalue weighted by Crippen LogP contribution is -2.05. The van der Waals surface area contributed by atoms with Gasteiger partial charge in [0.25, 0.3) is 0 Å². The van der Waals surface area contributed by atoms with Crippen molar-refractivity contribution in [1.29, 1.82) is 0 Å². The summed E-state index contributed by atoms with van der Waals surface area (Å²) >= 11 is 0. The second kappa shape index (κ2) is 6.19. The first-order chi connectivity index (χ1) is 9.09. The molecule has 106 valence electrons. The fourth-order valence-corrected chi connectivity index (χ4v) is 1.72. The third-order valence-corrected chi connectivity index (χ3v) is 2.65. The van der Waals surface area contributed by atoms with Gasteiger partial charge in [-0.15, -0.1) is 0 Å². The summed E-state index contributed by atoms with van der Waals surface area (Å²) < 4.78 is 0. The molecule has 0 aromatic heterocycles. The monoisotopic (exact) mass is 266 g/mol. The van der Waals surface area contributed by atoms with Gasteiger partial charge in [0.2, 0.25) is 0 Å². The first-order valence-electron chi connectivity index (χ1n) is 7.20. The molecule has 0 saturated heterocycles. The maximum atomic E-state index is 3.88. The lowest BCUT2D eigenvalue weighted by atomic mass is 9.88. The van der Waals surface area contributed by atoms with Crippen LogP contribution < -0.4 is 0 Å². The van der Waals surface area contributed by atoms with E-state index in [0.717, 1.165) is 12.0 Å². The molecular weight excluding hydrogens is 240 g/mol. The Hall–Kier alpha value is -1.66. The van der Waals surface area contributed by atoms with E-state index in [2.05, 4.69) is 84.0 Å². The second-order valence-corrected chi connectivity index (χ2v) is 7.38. The summed E-state index contributed by atoms with van der Waals surface area (Å²) in [7, 11) is 0. The van der Waals surface area contributed by atoms with Gasteiger partial charge < -0.3 is 0 Å². The van der Waals surface area contributed by atoms with Crippen molar-refractivity contribution in [2.45, 2.75) is 48.0 Å². The van der Waals surface area contributed by atoms with Crippen LogP contribution in [-0.2, 0) is 0 Å². The molecule has 1 unspecified atom stereocenters. The van der Waals surface area contributed by atoms with E-state index >= 15 is 0 Å². The van der Waals surface area contributed by atoms with E-state index in [1.807, 2.05) is 6.08 Å². The highest BCUT2D eigenvalue weighted by Crippen LogP contribution is 2.24. The third-order valence-electron chi connectivity index (χ3n) is 2.65. The average molecular weight is 266 g/mol. The van der Waals surface area contributed by atoms with Gasteiger partial charge >= 0.3 is 0 Å². The smallest absolute Gasteiger partial charge is 0.0438 e. The molecule has 0 aliphatic heterocycles. The minimum Gasteiger partial charge on any atom is -0.0988 e. The van der Waals surface area contributed by atoms with Crippen LogP contribution in [-0.4, -0.2) is 0 Å². The first-order valence-corrected chi connectivity index (χ1v) is 7.20. The first kappa shape index (κ1) is 16.4. The summed E-state index contributed by atoms with van der Waals surface area (Å²) in [4.78, 5) is 0. The zero-order chi connectivity index (χ0) is 15.4. The van der Waals surface area contributed by atoms with Gasteiger partial charge in [0.05, 0.1) is 0 Å². The minimum atomic E-state index is 0.0209. The Morgan fingerprint density at radius 3 is 2.20 bits per heavy atom. The summed E-state index contributed by atoms with van der Waals surface area (Å²) in [6, 6.07) is 0. The minimum absolute atomic E-state index is 0.0209. The molecule has 0 bridgehead atoms. The van der Waals surface area contributed by atoms with Gasteiger partial charge in [-0.2, -0.15) is 0 Å². The Morgan fingerprint density at radius 1 is 1.10 bits per heavy atom. The summed E-state index contributed by atoms with van der Waals surface area (Å²) in [5.41, 5.74) is 2.35. The van der Waals surface area contributed by atoms with E-state index in [1.54, 1.807) is 0 Å². The molecule has 0 nitrogen and oxygen atoms in total. The molecule has 0 spiro atoms. The molecule has 1 atom stereocenters. The maximum Gasteiger partial charge on any atom is 0.0438 e. The molecule has 0 aromatic rings. The molecule has 1 aliphatic carbocycles. The lowest BCUT2D eigenvalue weighted by Gasteiger charge is -2.15. The van der Waals surface area contributed by atoms with Gasteiger partial charge in [-0.25, -0.2) is 0 Å². The van der Waals surface area contributed by atoms with E-state index in [9.17, 15) is 0 Å². The topological polar surface area (TPSA) is 0 Å². The zero-order valence-corrected chi connectivity index (χ0v) is 13.7. The van der Waals surface area contributed by atoms with Gasteiger partial charge in [-0.3, -0.25) is 0 Å². The molecule has 0 aromatic carbocycles. The van der Waals surface area contributed by atoms with Crippen LogP contribution in [0.15, 0.2) is 36.0 Å². The van der Waals surface area contributed by atoms with E-state index in [0.29, 0.717) is 0 Å². The van der Waals surface area contributed by atoms with Gasteiger partial charge in [0, 0.05) is 22.3 Å². The van der Waals surface area contributed by atoms with Crippen LogP contribution in [0, 0.1) is 40.4 Å². The molecule has 0 radical (unpaired) electrons. The second-order valence-electron chi connectivity index (χ2n) is 7.38. The highest BCUT2D eigenvalue weighted by atomic mass is 14.2. The Labute approximate surface area is 125 Å². The van der Waals surface area contributed by atoms with Crippen molar-refractivity contribution in [2.24, 2.45) is 16.7 Å². The largest absolute Gasteiger partial charge is 0.0988 e. The van der Waals surface area contributed by atoms with Crippen molar-refractivity contribution in [2.75, 3.05) is 0 Å². The van der Waals surface area contributed by atoms with Gasteiger partial charge in [-0.05, 0) is 59.6 Å². The predicted molar refractivity (Wildman–Crippen MR) is 88.9 cm³/mol. The fraction of sp³-hybridized carbons (Fsp3) is 0.500. The van der Waals surface area contributed by atoms with Crippen molar-refractivity contribution in [1.82, 2.24) is 0 Å². The standard InChI is InChI=1S/C20H26/c1-8-16-13-17(9-11-19(2,3)4)15-18(14-16)10-12-20(5,6)7/h8,13,15,18H,1,14H2,2-7H3. The lowest BCUT2D eigenvalue weighted by molar-refractivity contribution is 0.568. The molecule has 20 heavy (non-hydrogen) atoms. The van der Waals surface area contributed by atoms with Crippen LogP contribution in [0.25, 0.3) is 0 Å². The van der Waals surface area contributed by atoms with E-state index in [4.69, 9.17) is 0 Å². The number of allylic oxidation sites excluding steroid dienone is 5. The van der Waals surface area contributed by atoms with Crippen LogP contribution in [0.2, 0.25) is 0 Å². The normalized spacial score (nSPS) is 18.8. The van der Waals surface area contributed by atoms with Crippen LogP contribution in [0.3, 0.4) is 0 Å². The molecule has 0 heterocycles. The van der Waals surface area contributed by atoms with Gasteiger partial charge in [-0.1, -0.05) is 42.4 Å². The Bertz CT molecular complexity index is 546. The van der Waals surface area contributed by atoms with Crippen molar-refractivity contribution >= 4 is 0 Å². The van der Waals surface area contributed by atoms with Crippen molar-refractivity contribution in [3.63, 3.8) is 0 Å². The molecular formula is C20H26. The average Bonchev–Trinajstić information content (AvgIpc) is 2.32. The van der Waals surface area contributed by atoms with E-state index in [-0.39, 0.29) is 16.7 Å². The van der Waals surface area contributed by atoms with Crippen molar-refractivity contribution in [3.05, 3.63) is 36.0 Å². The number of rotatable bonds is 1. The van der Waals surface area contributed by atoms with Gasteiger partial charge in [0.15, 0.2) is 0 Å². The summed E-state index contributed by atoms with van der Waals surface area (Å²) in [5.74, 6) is 13.5. The van der Waals surface area contributed by atoms with E-state index in [1.165, 1.54) is 5.57 Å². The van der Waals surface area contributed by atoms with Crippen molar-refractivity contribution < 1.29 is 0 Å². The Kier molecular flexibility index (Phi) is 5.08.